The fourth-order valence-electron chi connectivity index (χ4n) is 3.97. The maximum atomic E-state index is 13.1. The highest BCUT2D eigenvalue weighted by Gasteiger charge is 2.16. The first-order valence-electron chi connectivity index (χ1n) is 11.8. The van der Waals surface area contributed by atoms with Crippen LogP contribution in [0.4, 0.5) is 5.69 Å². The first kappa shape index (κ1) is 24.1. The first-order valence-corrected chi connectivity index (χ1v) is 11.8. The molecule has 1 amide bonds. The minimum absolute atomic E-state index is 0.172. The molecule has 1 aromatic heterocycles. The standard InChI is InChI=1S/C29H31N3O3/c1-5-34-26-12-14-27(15-13-26)35-19-24-10-7-11-25(17-24)29(33)30-28-21(3)31-32(22(28)4)18-23-9-6-8-20(2)16-23/h6-17H,5,18-19H2,1-4H3,(H,30,33). The third kappa shape index (κ3) is 6.09. The molecule has 0 aliphatic carbocycles. The molecule has 6 heteroatoms. The maximum absolute atomic E-state index is 13.1. The molecule has 0 saturated carbocycles. The van der Waals surface area contributed by atoms with Crippen molar-refractivity contribution in [3.8, 4) is 11.5 Å². The van der Waals surface area contributed by atoms with E-state index in [1.807, 2.05) is 74.0 Å². The number of hydrogen-bond acceptors (Lipinski definition) is 4. The fraction of sp³-hybridized carbons (Fsp3) is 0.241. The van der Waals surface area contributed by atoms with Gasteiger partial charge < -0.3 is 14.8 Å². The second-order valence-corrected chi connectivity index (χ2v) is 8.54. The molecular weight excluding hydrogens is 438 g/mol. The molecule has 1 heterocycles. The Bertz CT molecular complexity index is 1310. The lowest BCUT2D eigenvalue weighted by Gasteiger charge is -2.10. The van der Waals surface area contributed by atoms with E-state index < -0.39 is 0 Å². The molecule has 1 N–H and O–H groups in total. The molecule has 0 saturated heterocycles. The third-order valence-corrected chi connectivity index (χ3v) is 5.76. The minimum Gasteiger partial charge on any atom is -0.494 e. The lowest BCUT2D eigenvalue weighted by atomic mass is 10.1. The number of ether oxygens (including phenoxy) is 2. The van der Waals surface area contributed by atoms with Crippen molar-refractivity contribution in [1.82, 2.24) is 9.78 Å². The molecule has 0 radical (unpaired) electrons. The Labute approximate surface area is 206 Å². The first-order chi connectivity index (χ1) is 16.9. The van der Waals surface area contributed by atoms with Gasteiger partial charge in [0.1, 0.15) is 18.1 Å². The van der Waals surface area contributed by atoms with E-state index in [2.05, 4.69) is 35.5 Å². The highest BCUT2D eigenvalue weighted by atomic mass is 16.5. The van der Waals surface area contributed by atoms with E-state index >= 15 is 0 Å². The summed E-state index contributed by atoms with van der Waals surface area (Å²) < 4.78 is 13.3. The van der Waals surface area contributed by atoms with E-state index in [1.54, 1.807) is 6.07 Å². The van der Waals surface area contributed by atoms with Gasteiger partial charge in [-0.15, -0.1) is 0 Å². The second kappa shape index (κ2) is 10.9. The average molecular weight is 470 g/mol. The van der Waals surface area contributed by atoms with Crippen LogP contribution in [-0.4, -0.2) is 22.3 Å². The summed E-state index contributed by atoms with van der Waals surface area (Å²) in [6.45, 7) is 9.57. The molecule has 180 valence electrons. The van der Waals surface area contributed by atoms with Gasteiger partial charge in [-0.3, -0.25) is 9.48 Å². The van der Waals surface area contributed by atoms with E-state index in [0.29, 0.717) is 25.3 Å². The van der Waals surface area contributed by atoms with Crippen molar-refractivity contribution in [3.05, 3.63) is 106 Å². The fourth-order valence-corrected chi connectivity index (χ4v) is 3.97. The largest absolute Gasteiger partial charge is 0.494 e. The summed E-state index contributed by atoms with van der Waals surface area (Å²) in [5, 5.41) is 7.71. The van der Waals surface area contributed by atoms with Gasteiger partial charge in [-0.05, 0) is 75.2 Å². The Morgan fingerprint density at radius 3 is 2.29 bits per heavy atom. The zero-order chi connectivity index (χ0) is 24.8. The number of rotatable bonds is 9. The van der Waals surface area contributed by atoms with E-state index in [9.17, 15) is 4.79 Å². The zero-order valence-corrected chi connectivity index (χ0v) is 20.7. The van der Waals surface area contributed by atoms with Gasteiger partial charge in [0, 0.05) is 5.56 Å². The van der Waals surface area contributed by atoms with Crippen LogP contribution in [0.15, 0.2) is 72.8 Å². The van der Waals surface area contributed by atoms with Crippen LogP contribution in [0, 0.1) is 20.8 Å². The Hall–Kier alpha value is -4.06. The van der Waals surface area contributed by atoms with Crippen molar-refractivity contribution in [2.75, 3.05) is 11.9 Å². The van der Waals surface area contributed by atoms with Crippen molar-refractivity contribution < 1.29 is 14.3 Å². The van der Waals surface area contributed by atoms with Crippen molar-refractivity contribution >= 4 is 11.6 Å². The van der Waals surface area contributed by atoms with Crippen LogP contribution in [-0.2, 0) is 13.2 Å². The van der Waals surface area contributed by atoms with Crippen LogP contribution < -0.4 is 14.8 Å². The van der Waals surface area contributed by atoms with Crippen LogP contribution in [0.1, 0.15) is 45.4 Å². The number of benzene rings is 3. The second-order valence-electron chi connectivity index (χ2n) is 8.54. The summed E-state index contributed by atoms with van der Waals surface area (Å²) in [5.41, 5.74) is 6.33. The van der Waals surface area contributed by atoms with Crippen LogP contribution in [0.25, 0.3) is 0 Å². The summed E-state index contributed by atoms with van der Waals surface area (Å²) in [5.74, 6) is 1.39. The van der Waals surface area contributed by atoms with Gasteiger partial charge in [0.2, 0.25) is 0 Å². The van der Waals surface area contributed by atoms with Crippen LogP contribution in [0.3, 0.4) is 0 Å². The predicted molar refractivity (Wildman–Crippen MR) is 138 cm³/mol. The predicted octanol–water partition coefficient (Wildman–Crippen LogP) is 6.09. The van der Waals surface area contributed by atoms with Crippen LogP contribution in [0.2, 0.25) is 0 Å². The van der Waals surface area contributed by atoms with Gasteiger partial charge in [0.05, 0.1) is 30.2 Å². The SMILES string of the molecule is CCOc1ccc(OCc2cccc(C(=O)Nc3c(C)nn(Cc4cccc(C)c4)c3C)c2)cc1. The topological polar surface area (TPSA) is 65.4 Å². The van der Waals surface area contributed by atoms with Gasteiger partial charge in [0.25, 0.3) is 5.91 Å². The molecule has 0 spiro atoms. The van der Waals surface area contributed by atoms with Crippen LogP contribution >= 0.6 is 0 Å². The number of carbonyl (C=O) groups excluding carboxylic acids is 1. The van der Waals surface area contributed by atoms with E-state index in [4.69, 9.17) is 9.47 Å². The number of carbonyl (C=O) groups is 1. The number of hydrogen-bond donors (Lipinski definition) is 1. The molecule has 0 aliphatic heterocycles. The van der Waals surface area contributed by atoms with Gasteiger partial charge in [0.15, 0.2) is 0 Å². The molecule has 0 bridgehead atoms. The molecule has 4 aromatic rings. The Morgan fingerprint density at radius 2 is 1.57 bits per heavy atom. The molecule has 0 atom stereocenters. The van der Waals surface area contributed by atoms with Gasteiger partial charge in [-0.1, -0.05) is 42.0 Å². The van der Waals surface area contributed by atoms with Gasteiger partial charge in [-0.2, -0.15) is 5.10 Å². The van der Waals surface area contributed by atoms with Crippen molar-refractivity contribution in [1.29, 1.82) is 0 Å². The Balaban J connectivity index is 1.42. The number of nitrogens with one attached hydrogen (secondary N) is 1. The van der Waals surface area contributed by atoms with Crippen molar-refractivity contribution in [3.63, 3.8) is 0 Å². The summed E-state index contributed by atoms with van der Waals surface area (Å²) in [6.07, 6.45) is 0. The number of aryl methyl sites for hydroxylation is 2. The average Bonchev–Trinajstić information content (AvgIpc) is 3.11. The minimum atomic E-state index is -0.172. The van der Waals surface area contributed by atoms with E-state index in [1.165, 1.54) is 11.1 Å². The normalized spacial score (nSPS) is 10.7. The summed E-state index contributed by atoms with van der Waals surface area (Å²) in [4.78, 5) is 13.1. The quantitative estimate of drug-likeness (QED) is 0.322. The molecule has 35 heavy (non-hydrogen) atoms. The van der Waals surface area contributed by atoms with Crippen molar-refractivity contribution in [2.24, 2.45) is 0 Å². The molecule has 0 fully saturated rings. The molecule has 3 aromatic carbocycles. The highest BCUT2D eigenvalue weighted by Crippen LogP contribution is 2.22. The number of nitrogens with zero attached hydrogens (tertiary/aromatic N) is 2. The third-order valence-electron chi connectivity index (χ3n) is 5.76. The van der Waals surface area contributed by atoms with E-state index in [0.717, 1.165) is 34.1 Å². The number of amides is 1. The monoisotopic (exact) mass is 469 g/mol. The van der Waals surface area contributed by atoms with Crippen LogP contribution in [0.5, 0.6) is 11.5 Å². The summed E-state index contributed by atoms with van der Waals surface area (Å²) in [7, 11) is 0. The molecule has 4 rings (SSSR count). The molecule has 0 aliphatic rings. The summed E-state index contributed by atoms with van der Waals surface area (Å²) >= 11 is 0. The number of anilines is 1. The summed E-state index contributed by atoms with van der Waals surface area (Å²) in [6, 6.07) is 23.3. The molecular formula is C29H31N3O3. The lowest BCUT2D eigenvalue weighted by molar-refractivity contribution is 0.102. The molecule has 0 unspecified atom stereocenters. The number of aromatic nitrogens is 2. The highest BCUT2D eigenvalue weighted by molar-refractivity contribution is 6.05. The zero-order valence-electron chi connectivity index (χ0n) is 20.7. The Morgan fingerprint density at radius 1 is 0.886 bits per heavy atom. The van der Waals surface area contributed by atoms with Crippen molar-refractivity contribution in [2.45, 2.75) is 40.8 Å². The maximum Gasteiger partial charge on any atom is 0.255 e. The van der Waals surface area contributed by atoms with Gasteiger partial charge >= 0.3 is 0 Å². The van der Waals surface area contributed by atoms with E-state index in [-0.39, 0.29) is 5.91 Å². The Kier molecular flexibility index (Phi) is 7.51. The lowest BCUT2D eigenvalue weighted by Crippen LogP contribution is -2.14. The molecule has 6 nitrogen and oxygen atoms in total. The smallest absolute Gasteiger partial charge is 0.255 e. The van der Waals surface area contributed by atoms with Gasteiger partial charge in [-0.25, -0.2) is 0 Å².